The summed E-state index contributed by atoms with van der Waals surface area (Å²) in [5.41, 5.74) is -0.674. The molecular weight excluding hydrogens is 333 g/mol. The lowest BCUT2D eigenvalue weighted by atomic mass is 9.79. The summed E-state index contributed by atoms with van der Waals surface area (Å²) in [5, 5.41) is 11.0. The molecule has 0 saturated carbocycles. The van der Waals surface area contributed by atoms with Gasteiger partial charge in [-0.25, -0.2) is 4.39 Å². The van der Waals surface area contributed by atoms with Gasteiger partial charge in [0.2, 0.25) is 0 Å². The highest BCUT2D eigenvalue weighted by Crippen LogP contribution is 2.35. The predicted octanol–water partition coefficient (Wildman–Crippen LogP) is 3.11. The normalized spacial score (nSPS) is 31.3. The molecule has 4 nitrogen and oxygen atoms in total. The molecule has 0 aromatic heterocycles. The first-order valence-electron chi connectivity index (χ1n) is 8.59. The fourth-order valence-corrected chi connectivity index (χ4v) is 4.05. The molecule has 0 aliphatic carbocycles. The standard InChI is InChI=1S/C18H25ClFNO3/c1-18(22)6-9-23-12-14(18)16-3-2-7-21(16)8-10-24-17-5-4-13(20)11-15(17)19/h4-5,11,14,16,22H,2-3,6-10,12H2,1H3. The largest absolute Gasteiger partial charge is 0.491 e. The van der Waals surface area contributed by atoms with Crippen LogP contribution in [-0.2, 0) is 4.74 Å². The van der Waals surface area contributed by atoms with Crippen molar-refractivity contribution >= 4 is 11.6 Å². The number of rotatable bonds is 5. The molecule has 1 N–H and O–H groups in total. The number of nitrogens with zero attached hydrogens (tertiary/aromatic N) is 1. The third kappa shape index (κ3) is 4.02. The quantitative estimate of drug-likeness (QED) is 0.879. The Kier molecular flexibility index (Phi) is 5.65. The van der Waals surface area contributed by atoms with E-state index in [-0.39, 0.29) is 16.8 Å². The van der Waals surface area contributed by atoms with Crippen molar-refractivity contribution in [1.82, 2.24) is 4.90 Å². The van der Waals surface area contributed by atoms with Crippen molar-refractivity contribution in [3.05, 3.63) is 29.0 Å². The molecule has 0 spiro atoms. The second-order valence-electron chi connectivity index (χ2n) is 6.96. The van der Waals surface area contributed by atoms with E-state index in [1.54, 1.807) is 6.07 Å². The number of ether oxygens (including phenoxy) is 2. The number of benzene rings is 1. The summed E-state index contributed by atoms with van der Waals surface area (Å²) in [6.45, 7) is 5.40. The van der Waals surface area contributed by atoms with Gasteiger partial charge in [0.05, 0.1) is 17.2 Å². The lowest BCUT2D eigenvalue weighted by Crippen LogP contribution is -2.53. The molecule has 0 radical (unpaired) electrons. The van der Waals surface area contributed by atoms with Crippen LogP contribution in [0, 0.1) is 11.7 Å². The molecule has 2 heterocycles. The van der Waals surface area contributed by atoms with Gasteiger partial charge in [0.25, 0.3) is 0 Å². The van der Waals surface area contributed by atoms with Gasteiger partial charge < -0.3 is 14.6 Å². The highest BCUT2D eigenvalue weighted by atomic mass is 35.5. The molecule has 6 heteroatoms. The van der Waals surface area contributed by atoms with E-state index in [0.717, 1.165) is 25.9 Å². The molecule has 134 valence electrons. The van der Waals surface area contributed by atoms with Crippen LogP contribution in [0.4, 0.5) is 4.39 Å². The van der Waals surface area contributed by atoms with Gasteiger partial charge in [0.15, 0.2) is 0 Å². The Balaban J connectivity index is 1.56. The lowest BCUT2D eigenvalue weighted by molar-refractivity contribution is -0.123. The van der Waals surface area contributed by atoms with Gasteiger partial charge in [0, 0.05) is 25.1 Å². The van der Waals surface area contributed by atoms with E-state index in [1.807, 2.05) is 6.92 Å². The average molecular weight is 358 g/mol. The summed E-state index contributed by atoms with van der Waals surface area (Å²) in [5.74, 6) is 0.261. The molecule has 0 amide bonds. The molecule has 3 atom stereocenters. The van der Waals surface area contributed by atoms with E-state index in [0.29, 0.717) is 38.0 Å². The lowest BCUT2D eigenvalue weighted by Gasteiger charge is -2.43. The van der Waals surface area contributed by atoms with Gasteiger partial charge in [-0.15, -0.1) is 0 Å². The zero-order valence-electron chi connectivity index (χ0n) is 14.0. The number of likely N-dealkylation sites (tertiary alicyclic amines) is 1. The Bertz CT molecular complexity index is 569. The topological polar surface area (TPSA) is 41.9 Å². The van der Waals surface area contributed by atoms with Crippen LogP contribution in [-0.4, -0.2) is 54.6 Å². The monoisotopic (exact) mass is 357 g/mol. The zero-order chi connectivity index (χ0) is 17.2. The molecule has 3 rings (SSSR count). The maximum atomic E-state index is 13.1. The molecule has 0 bridgehead atoms. The minimum absolute atomic E-state index is 0.128. The molecular formula is C18H25ClFNO3. The molecule has 2 fully saturated rings. The Morgan fingerprint density at radius 3 is 3.08 bits per heavy atom. The van der Waals surface area contributed by atoms with E-state index < -0.39 is 5.60 Å². The van der Waals surface area contributed by atoms with Gasteiger partial charge >= 0.3 is 0 Å². The van der Waals surface area contributed by atoms with Crippen LogP contribution in [0.3, 0.4) is 0 Å². The van der Waals surface area contributed by atoms with Crippen LogP contribution < -0.4 is 4.74 Å². The van der Waals surface area contributed by atoms with Crippen LogP contribution in [0.5, 0.6) is 5.75 Å². The summed E-state index contributed by atoms with van der Waals surface area (Å²) in [4.78, 5) is 2.37. The van der Waals surface area contributed by atoms with Crippen molar-refractivity contribution in [3.63, 3.8) is 0 Å². The second kappa shape index (κ2) is 7.56. The average Bonchev–Trinajstić information content (AvgIpc) is 2.97. The first kappa shape index (κ1) is 17.9. The number of halogens is 2. The van der Waals surface area contributed by atoms with Crippen LogP contribution in [0.15, 0.2) is 18.2 Å². The van der Waals surface area contributed by atoms with E-state index in [4.69, 9.17) is 21.1 Å². The van der Waals surface area contributed by atoms with E-state index in [1.165, 1.54) is 12.1 Å². The predicted molar refractivity (Wildman–Crippen MR) is 91.0 cm³/mol. The van der Waals surface area contributed by atoms with Crippen molar-refractivity contribution in [3.8, 4) is 5.75 Å². The van der Waals surface area contributed by atoms with Gasteiger partial charge in [-0.3, -0.25) is 4.90 Å². The molecule has 3 unspecified atom stereocenters. The van der Waals surface area contributed by atoms with Crippen molar-refractivity contribution < 1.29 is 19.0 Å². The summed E-state index contributed by atoms with van der Waals surface area (Å²) in [7, 11) is 0. The number of hydrogen-bond acceptors (Lipinski definition) is 4. The van der Waals surface area contributed by atoms with Crippen LogP contribution in [0.1, 0.15) is 26.2 Å². The third-order valence-electron chi connectivity index (χ3n) is 5.26. The molecule has 24 heavy (non-hydrogen) atoms. The smallest absolute Gasteiger partial charge is 0.138 e. The first-order valence-corrected chi connectivity index (χ1v) is 8.97. The Labute approximate surface area is 147 Å². The maximum Gasteiger partial charge on any atom is 0.138 e. The second-order valence-corrected chi connectivity index (χ2v) is 7.36. The minimum Gasteiger partial charge on any atom is -0.491 e. The molecule has 2 aliphatic heterocycles. The van der Waals surface area contributed by atoms with Crippen molar-refractivity contribution in [2.45, 2.75) is 37.8 Å². The van der Waals surface area contributed by atoms with E-state index >= 15 is 0 Å². The third-order valence-corrected chi connectivity index (χ3v) is 5.55. The summed E-state index contributed by atoms with van der Waals surface area (Å²) < 4.78 is 24.4. The number of aliphatic hydroxyl groups is 1. The van der Waals surface area contributed by atoms with Crippen LogP contribution in [0.2, 0.25) is 5.02 Å². The van der Waals surface area contributed by atoms with Gasteiger partial charge in [-0.1, -0.05) is 11.6 Å². The maximum absolute atomic E-state index is 13.1. The Morgan fingerprint density at radius 1 is 1.50 bits per heavy atom. The molecule has 1 aromatic rings. The Hall–Kier alpha value is -0.880. The van der Waals surface area contributed by atoms with Crippen molar-refractivity contribution in [2.24, 2.45) is 5.92 Å². The highest BCUT2D eigenvalue weighted by Gasteiger charge is 2.43. The van der Waals surface area contributed by atoms with Crippen molar-refractivity contribution in [2.75, 3.05) is 32.9 Å². The zero-order valence-corrected chi connectivity index (χ0v) is 14.8. The van der Waals surface area contributed by atoms with E-state index in [9.17, 15) is 9.50 Å². The van der Waals surface area contributed by atoms with Crippen LogP contribution in [0.25, 0.3) is 0 Å². The number of hydrogen-bond donors (Lipinski definition) is 1. The SMILES string of the molecule is CC1(O)CCOCC1C1CCCN1CCOc1ccc(F)cc1Cl. The summed E-state index contributed by atoms with van der Waals surface area (Å²) >= 11 is 5.98. The fourth-order valence-electron chi connectivity index (χ4n) is 3.83. The van der Waals surface area contributed by atoms with Gasteiger partial charge in [0.1, 0.15) is 18.2 Å². The van der Waals surface area contributed by atoms with Crippen LogP contribution >= 0.6 is 11.6 Å². The molecule has 1 aromatic carbocycles. The van der Waals surface area contributed by atoms with E-state index in [2.05, 4.69) is 4.90 Å². The van der Waals surface area contributed by atoms with Gasteiger partial charge in [-0.2, -0.15) is 0 Å². The minimum atomic E-state index is -0.674. The molecule has 2 saturated heterocycles. The Morgan fingerprint density at radius 2 is 2.33 bits per heavy atom. The summed E-state index contributed by atoms with van der Waals surface area (Å²) in [6.07, 6.45) is 2.87. The first-order chi connectivity index (χ1) is 11.5. The van der Waals surface area contributed by atoms with Crippen molar-refractivity contribution in [1.29, 1.82) is 0 Å². The molecule has 2 aliphatic rings. The van der Waals surface area contributed by atoms with Gasteiger partial charge in [-0.05, 0) is 50.9 Å². The highest BCUT2D eigenvalue weighted by molar-refractivity contribution is 6.32. The fraction of sp³-hybridized carbons (Fsp3) is 0.667. The summed E-state index contributed by atoms with van der Waals surface area (Å²) in [6, 6.07) is 4.47.